The number of nitrogens with two attached hydrogens (primary N) is 1. The molecule has 0 radical (unpaired) electrons. The van der Waals surface area contributed by atoms with Gasteiger partial charge in [-0.15, -0.1) is 0 Å². The summed E-state index contributed by atoms with van der Waals surface area (Å²) < 4.78 is 0. The van der Waals surface area contributed by atoms with Crippen LogP contribution in [-0.4, -0.2) is 12.5 Å². The second-order valence-electron chi connectivity index (χ2n) is 5.98. The summed E-state index contributed by atoms with van der Waals surface area (Å²) in [6.45, 7) is 4.64. The van der Waals surface area contributed by atoms with Gasteiger partial charge in [-0.2, -0.15) is 0 Å². The smallest absolute Gasteiger partial charge is 0.227 e. The number of hydrogen-bond acceptors (Lipinski definition) is 2. The summed E-state index contributed by atoms with van der Waals surface area (Å²) in [6.07, 6.45) is 5.12. The van der Waals surface area contributed by atoms with E-state index in [1.165, 1.54) is 5.56 Å². The molecule has 0 aromatic heterocycles. The van der Waals surface area contributed by atoms with E-state index in [1.54, 1.807) is 0 Å². The summed E-state index contributed by atoms with van der Waals surface area (Å²) in [5.74, 6) is 0.129. The van der Waals surface area contributed by atoms with Crippen molar-refractivity contribution in [3.8, 4) is 0 Å². The maximum absolute atomic E-state index is 12.5. The molecule has 0 spiro atoms. The number of rotatable bonds is 5. The van der Waals surface area contributed by atoms with E-state index in [0.29, 0.717) is 6.54 Å². The Kier molecular flexibility index (Phi) is 4.81. The molecule has 110 valence electrons. The van der Waals surface area contributed by atoms with Crippen LogP contribution in [0.2, 0.25) is 0 Å². The first-order valence-corrected chi connectivity index (χ1v) is 7.71. The van der Waals surface area contributed by atoms with Crippen LogP contribution in [0.4, 0.5) is 0 Å². The number of hydrogen-bond donors (Lipinski definition) is 2. The van der Waals surface area contributed by atoms with E-state index < -0.39 is 0 Å². The lowest BCUT2D eigenvalue weighted by Gasteiger charge is -2.28. The van der Waals surface area contributed by atoms with E-state index >= 15 is 0 Å². The molecule has 1 saturated carbocycles. The van der Waals surface area contributed by atoms with Crippen molar-refractivity contribution in [3.63, 3.8) is 0 Å². The van der Waals surface area contributed by atoms with Crippen LogP contribution in [0.3, 0.4) is 0 Å². The molecular formula is C17H26N2O. The van der Waals surface area contributed by atoms with Crippen molar-refractivity contribution >= 4 is 5.91 Å². The minimum absolute atomic E-state index is 0.0393. The van der Waals surface area contributed by atoms with Crippen molar-refractivity contribution in [1.29, 1.82) is 0 Å². The normalized spacial score (nSPS) is 18.8. The number of carbonyl (C=O) groups excluding carboxylic acids is 1. The highest BCUT2D eigenvalue weighted by Crippen LogP contribution is 2.37. The number of nitrogens with one attached hydrogen (secondary N) is 1. The zero-order valence-corrected chi connectivity index (χ0v) is 12.6. The van der Waals surface area contributed by atoms with E-state index in [1.807, 2.05) is 6.92 Å². The maximum Gasteiger partial charge on any atom is 0.227 e. The van der Waals surface area contributed by atoms with Gasteiger partial charge in [-0.25, -0.2) is 0 Å². The molecule has 0 saturated heterocycles. The lowest BCUT2D eigenvalue weighted by Crippen LogP contribution is -2.44. The summed E-state index contributed by atoms with van der Waals surface area (Å²) in [5, 5.41) is 3.15. The van der Waals surface area contributed by atoms with Crippen molar-refractivity contribution in [2.75, 3.05) is 6.54 Å². The van der Waals surface area contributed by atoms with Gasteiger partial charge >= 0.3 is 0 Å². The van der Waals surface area contributed by atoms with Crippen molar-refractivity contribution < 1.29 is 4.79 Å². The third-order valence-corrected chi connectivity index (χ3v) is 4.67. The molecule has 3 heteroatoms. The second kappa shape index (κ2) is 6.40. The molecule has 3 N–H and O–H groups in total. The fourth-order valence-corrected chi connectivity index (χ4v) is 3.05. The summed E-state index contributed by atoms with van der Waals surface area (Å²) >= 11 is 0. The molecule has 0 aliphatic heterocycles. The standard InChI is InChI=1S/C17H26N2O/c1-3-14-6-8-15(9-7-14)13(2)19-16(20)17(12-18)10-4-5-11-17/h6-9,13H,3-5,10-12,18H2,1-2H3,(H,19,20). The highest BCUT2D eigenvalue weighted by Gasteiger charge is 2.40. The van der Waals surface area contributed by atoms with Crippen molar-refractivity contribution in [2.24, 2.45) is 11.1 Å². The molecule has 0 heterocycles. The van der Waals surface area contributed by atoms with Gasteiger partial charge < -0.3 is 11.1 Å². The summed E-state index contributed by atoms with van der Waals surface area (Å²) in [5.41, 5.74) is 8.01. The van der Waals surface area contributed by atoms with Gasteiger partial charge in [0.05, 0.1) is 11.5 Å². The Morgan fingerprint density at radius 3 is 2.40 bits per heavy atom. The zero-order valence-electron chi connectivity index (χ0n) is 12.6. The Labute approximate surface area is 121 Å². The quantitative estimate of drug-likeness (QED) is 0.867. The van der Waals surface area contributed by atoms with Crippen LogP contribution in [0.5, 0.6) is 0 Å². The highest BCUT2D eigenvalue weighted by molar-refractivity contribution is 5.83. The lowest BCUT2D eigenvalue weighted by atomic mass is 9.85. The minimum Gasteiger partial charge on any atom is -0.349 e. The van der Waals surface area contributed by atoms with Crippen molar-refractivity contribution in [1.82, 2.24) is 5.32 Å². The predicted octanol–water partition coefficient (Wildman–Crippen LogP) is 2.95. The number of carbonyl (C=O) groups is 1. The first-order chi connectivity index (χ1) is 9.61. The van der Waals surface area contributed by atoms with Gasteiger partial charge in [-0.1, -0.05) is 44.0 Å². The number of amides is 1. The average Bonchev–Trinajstić information content (AvgIpc) is 2.97. The van der Waals surface area contributed by atoms with Crippen LogP contribution < -0.4 is 11.1 Å². The summed E-state index contributed by atoms with van der Waals surface area (Å²) in [4.78, 5) is 12.5. The SMILES string of the molecule is CCc1ccc(C(C)NC(=O)C2(CN)CCCC2)cc1. The van der Waals surface area contributed by atoms with Gasteiger partial charge in [0.2, 0.25) is 5.91 Å². The Balaban J connectivity index is 2.02. The minimum atomic E-state index is -0.322. The van der Waals surface area contributed by atoms with Gasteiger partial charge in [0.1, 0.15) is 0 Å². The Hall–Kier alpha value is -1.35. The van der Waals surface area contributed by atoms with E-state index in [-0.39, 0.29) is 17.4 Å². The molecule has 1 fully saturated rings. The topological polar surface area (TPSA) is 55.1 Å². The molecule has 1 aromatic rings. The molecule has 0 bridgehead atoms. The number of benzene rings is 1. The van der Waals surface area contributed by atoms with E-state index in [2.05, 4.69) is 36.5 Å². The lowest BCUT2D eigenvalue weighted by molar-refractivity contribution is -0.131. The maximum atomic E-state index is 12.5. The molecule has 20 heavy (non-hydrogen) atoms. The molecule has 1 aromatic carbocycles. The first-order valence-electron chi connectivity index (χ1n) is 7.71. The Morgan fingerprint density at radius 2 is 1.90 bits per heavy atom. The third kappa shape index (κ3) is 3.04. The fourth-order valence-electron chi connectivity index (χ4n) is 3.05. The largest absolute Gasteiger partial charge is 0.349 e. The monoisotopic (exact) mass is 274 g/mol. The van der Waals surface area contributed by atoms with E-state index in [4.69, 9.17) is 5.73 Å². The fraction of sp³-hybridized carbons (Fsp3) is 0.588. The molecule has 3 nitrogen and oxygen atoms in total. The molecule has 1 aliphatic rings. The molecule has 1 unspecified atom stereocenters. The first kappa shape index (κ1) is 15.0. The highest BCUT2D eigenvalue weighted by atomic mass is 16.2. The summed E-state index contributed by atoms with van der Waals surface area (Å²) in [7, 11) is 0. The van der Waals surface area contributed by atoms with Crippen molar-refractivity contribution in [2.45, 2.75) is 52.0 Å². The Morgan fingerprint density at radius 1 is 1.30 bits per heavy atom. The van der Waals surface area contributed by atoms with E-state index in [0.717, 1.165) is 37.7 Å². The Bertz CT molecular complexity index is 447. The van der Waals surface area contributed by atoms with Crippen LogP contribution in [0.1, 0.15) is 56.7 Å². The van der Waals surface area contributed by atoms with Gasteiger partial charge in [0, 0.05) is 6.54 Å². The average molecular weight is 274 g/mol. The van der Waals surface area contributed by atoms with E-state index in [9.17, 15) is 4.79 Å². The van der Waals surface area contributed by atoms with Crippen molar-refractivity contribution in [3.05, 3.63) is 35.4 Å². The molecule has 1 atom stereocenters. The molecular weight excluding hydrogens is 248 g/mol. The van der Waals surface area contributed by atoms with Crippen LogP contribution in [0, 0.1) is 5.41 Å². The van der Waals surface area contributed by atoms with Crippen LogP contribution in [0.15, 0.2) is 24.3 Å². The van der Waals surface area contributed by atoms with Gasteiger partial charge in [0.15, 0.2) is 0 Å². The zero-order chi connectivity index (χ0) is 14.6. The summed E-state index contributed by atoms with van der Waals surface area (Å²) in [6, 6.07) is 8.51. The van der Waals surface area contributed by atoms with Crippen LogP contribution in [-0.2, 0) is 11.2 Å². The van der Waals surface area contributed by atoms with Crippen LogP contribution in [0.25, 0.3) is 0 Å². The molecule has 1 amide bonds. The van der Waals surface area contributed by atoms with Gasteiger partial charge in [0.25, 0.3) is 0 Å². The molecule has 1 aliphatic carbocycles. The van der Waals surface area contributed by atoms with Crippen LogP contribution >= 0.6 is 0 Å². The van der Waals surface area contributed by atoms with Gasteiger partial charge in [-0.3, -0.25) is 4.79 Å². The number of aryl methyl sites for hydroxylation is 1. The molecule has 2 rings (SSSR count). The second-order valence-corrected chi connectivity index (χ2v) is 5.98. The third-order valence-electron chi connectivity index (χ3n) is 4.67. The van der Waals surface area contributed by atoms with Gasteiger partial charge in [-0.05, 0) is 37.3 Å². The predicted molar refractivity (Wildman–Crippen MR) is 82.3 cm³/mol.